The number of piperazine rings is 1. The van der Waals surface area contributed by atoms with Gasteiger partial charge in [-0.1, -0.05) is 0 Å². The Kier molecular flexibility index (Phi) is 2.80. The molecule has 1 aliphatic rings. The Morgan fingerprint density at radius 3 is 2.67 bits per heavy atom. The van der Waals surface area contributed by atoms with Gasteiger partial charge in [0.1, 0.15) is 0 Å². The summed E-state index contributed by atoms with van der Waals surface area (Å²) in [6.07, 6.45) is 2.66. The molecular formula is C10H14N4O. The van der Waals surface area contributed by atoms with Crippen LogP contribution in [-0.4, -0.2) is 47.5 Å². The number of hydrogen-bond donors (Lipinski definition) is 0. The second-order valence-electron chi connectivity index (χ2n) is 3.63. The van der Waals surface area contributed by atoms with Crippen molar-refractivity contribution in [3.63, 3.8) is 0 Å². The molecule has 0 unspecified atom stereocenters. The molecule has 1 fully saturated rings. The molecule has 0 atom stereocenters. The number of carbonyl (C=O) groups excluding carboxylic acids is 1. The first-order chi connectivity index (χ1) is 7.29. The normalized spacial score (nSPS) is 16.6. The first-order valence-corrected chi connectivity index (χ1v) is 5.03. The number of rotatable bonds is 2. The van der Waals surface area contributed by atoms with Crippen LogP contribution >= 0.6 is 0 Å². The topological polar surface area (TPSA) is 49.3 Å². The Morgan fingerprint density at radius 1 is 1.33 bits per heavy atom. The number of hydrogen-bond acceptors (Lipinski definition) is 4. The van der Waals surface area contributed by atoms with Crippen molar-refractivity contribution in [2.75, 3.05) is 31.1 Å². The molecule has 15 heavy (non-hydrogen) atoms. The molecule has 1 aliphatic heterocycles. The average Bonchev–Trinajstić information content (AvgIpc) is 2.29. The molecule has 0 aliphatic carbocycles. The van der Waals surface area contributed by atoms with Crippen LogP contribution in [0.3, 0.4) is 0 Å². The van der Waals surface area contributed by atoms with Gasteiger partial charge in [0.25, 0.3) is 0 Å². The Labute approximate surface area is 88.7 Å². The maximum atomic E-state index is 10.5. The third-order valence-electron chi connectivity index (χ3n) is 2.53. The van der Waals surface area contributed by atoms with Crippen molar-refractivity contribution in [3.05, 3.63) is 18.0 Å². The van der Waals surface area contributed by atoms with Crippen LogP contribution in [0.1, 0.15) is 5.69 Å². The van der Waals surface area contributed by atoms with Crippen LogP contribution in [0.4, 0.5) is 5.95 Å². The van der Waals surface area contributed by atoms with E-state index in [0.717, 1.165) is 44.2 Å². The van der Waals surface area contributed by atoms with Gasteiger partial charge in [0.05, 0.1) is 0 Å². The summed E-state index contributed by atoms with van der Waals surface area (Å²) in [5.74, 6) is 0.764. The van der Waals surface area contributed by atoms with Crippen LogP contribution in [-0.2, 0) is 4.79 Å². The predicted octanol–water partition coefficient (Wildman–Crippen LogP) is 0.0634. The molecule has 0 bridgehead atoms. The number of carbonyl (C=O) groups is 1. The minimum Gasteiger partial charge on any atom is -0.342 e. The van der Waals surface area contributed by atoms with Crippen LogP contribution in [0.2, 0.25) is 0 Å². The van der Waals surface area contributed by atoms with Gasteiger partial charge in [0.2, 0.25) is 12.4 Å². The number of nitrogens with zero attached hydrogens (tertiary/aromatic N) is 4. The molecule has 1 aromatic heterocycles. The van der Waals surface area contributed by atoms with E-state index in [4.69, 9.17) is 0 Å². The fourth-order valence-electron chi connectivity index (χ4n) is 1.62. The van der Waals surface area contributed by atoms with Crippen molar-refractivity contribution in [2.45, 2.75) is 6.92 Å². The van der Waals surface area contributed by atoms with Crippen molar-refractivity contribution in [3.8, 4) is 0 Å². The molecule has 2 heterocycles. The molecular weight excluding hydrogens is 192 g/mol. The minimum absolute atomic E-state index is 0.751. The molecule has 5 heteroatoms. The molecule has 1 saturated heterocycles. The summed E-state index contributed by atoms with van der Waals surface area (Å²) in [5, 5.41) is 0. The van der Waals surface area contributed by atoms with E-state index in [1.807, 2.05) is 13.0 Å². The van der Waals surface area contributed by atoms with E-state index in [0.29, 0.717) is 0 Å². The number of aryl methyl sites for hydroxylation is 1. The van der Waals surface area contributed by atoms with Gasteiger partial charge >= 0.3 is 0 Å². The van der Waals surface area contributed by atoms with Crippen LogP contribution in [0.25, 0.3) is 0 Å². The first-order valence-electron chi connectivity index (χ1n) is 5.03. The predicted molar refractivity (Wildman–Crippen MR) is 56.6 cm³/mol. The number of anilines is 1. The summed E-state index contributed by atoms with van der Waals surface area (Å²) in [6, 6.07) is 1.88. The summed E-state index contributed by atoms with van der Waals surface area (Å²) in [7, 11) is 0. The van der Waals surface area contributed by atoms with Crippen molar-refractivity contribution >= 4 is 12.4 Å². The van der Waals surface area contributed by atoms with Crippen molar-refractivity contribution in [2.24, 2.45) is 0 Å². The molecule has 0 spiro atoms. The highest BCUT2D eigenvalue weighted by molar-refractivity contribution is 5.48. The zero-order valence-electron chi connectivity index (χ0n) is 8.76. The van der Waals surface area contributed by atoms with Gasteiger partial charge in [-0.3, -0.25) is 4.79 Å². The first kappa shape index (κ1) is 9.89. The SMILES string of the molecule is Cc1ccnc(N2CCN(C=O)CC2)n1. The van der Waals surface area contributed by atoms with Crippen LogP contribution in [0, 0.1) is 6.92 Å². The fourth-order valence-corrected chi connectivity index (χ4v) is 1.62. The monoisotopic (exact) mass is 206 g/mol. The zero-order valence-corrected chi connectivity index (χ0v) is 8.76. The van der Waals surface area contributed by atoms with Gasteiger partial charge in [0.15, 0.2) is 0 Å². The molecule has 0 aromatic carbocycles. The highest BCUT2D eigenvalue weighted by Crippen LogP contribution is 2.09. The maximum absolute atomic E-state index is 10.5. The van der Waals surface area contributed by atoms with Crippen molar-refractivity contribution in [1.29, 1.82) is 0 Å². The Balaban J connectivity index is 2.04. The standard InChI is InChI=1S/C10H14N4O/c1-9-2-3-11-10(12-9)14-6-4-13(8-15)5-7-14/h2-3,8H,4-7H2,1H3. The smallest absolute Gasteiger partial charge is 0.225 e. The van der Waals surface area contributed by atoms with Crippen LogP contribution in [0.15, 0.2) is 12.3 Å². The summed E-state index contributed by atoms with van der Waals surface area (Å²) in [4.78, 5) is 23.0. The second-order valence-corrected chi connectivity index (χ2v) is 3.63. The van der Waals surface area contributed by atoms with E-state index < -0.39 is 0 Å². The fraction of sp³-hybridized carbons (Fsp3) is 0.500. The Morgan fingerprint density at radius 2 is 2.07 bits per heavy atom. The lowest BCUT2D eigenvalue weighted by atomic mass is 10.3. The van der Waals surface area contributed by atoms with Crippen LogP contribution in [0.5, 0.6) is 0 Å². The van der Waals surface area contributed by atoms with Gasteiger partial charge in [0, 0.05) is 38.1 Å². The number of amides is 1. The second kappa shape index (κ2) is 4.25. The van der Waals surface area contributed by atoms with Crippen LogP contribution < -0.4 is 4.90 Å². The summed E-state index contributed by atoms with van der Waals surface area (Å²) >= 11 is 0. The van der Waals surface area contributed by atoms with E-state index in [2.05, 4.69) is 14.9 Å². The Bertz CT molecular complexity index is 347. The van der Waals surface area contributed by atoms with E-state index >= 15 is 0 Å². The van der Waals surface area contributed by atoms with Crippen molar-refractivity contribution < 1.29 is 4.79 Å². The van der Waals surface area contributed by atoms with Gasteiger partial charge in [-0.05, 0) is 13.0 Å². The molecule has 0 N–H and O–H groups in total. The lowest BCUT2D eigenvalue weighted by Gasteiger charge is -2.32. The lowest BCUT2D eigenvalue weighted by molar-refractivity contribution is -0.118. The van der Waals surface area contributed by atoms with E-state index in [1.165, 1.54) is 0 Å². The van der Waals surface area contributed by atoms with E-state index in [1.54, 1.807) is 11.1 Å². The van der Waals surface area contributed by atoms with Gasteiger partial charge < -0.3 is 9.80 Å². The molecule has 0 saturated carbocycles. The van der Waals surface area contributed by atoms with Crippen molar-refractivity contribution in [1.82, 2.24) is 14.9 Å². The summed E-state index contributed by atoms with van der Waals surface area (Å²) in [6.45, 7) is 5.07. The molecule has 80 valence electrons. The minimum atomic E-state index is 0.751. The van der Waals surface area contributed by atoms with E-state index in [-0.39, 0.29) is 0 Å². The summed E-state index contributed by atoms with van der Waals surface area (Å²) in [5.41, 5.74) is 0.970. The third-order valence-corrected chi connectivity index (χ3v) is 2.53. The van der Waals surface area contributed by atoms with E-state index in [9.17, 15) is 4.79 Å². The maximum Gasteiger partial charge on any atom is 0.225 e. The highest BCUT2D eigenvalue weighted by atomic mass is 16.1. The zero-order chi connectivity index (χ0) is 10.7. The lowest BCUT2D eigenvalue weighted by Crippen LogP contribution is -2.46. The quantitative estimate of drug-likeness (QED) is 0.642. The van der Waals surface area contributed by atoms with Gasteiger partial charge in [-0.15, -0.1) is 0 Å². The molecule has 0 radical (unpaired) electrons. The molecule has 2 rings (SSSR count). The van der Waals surface area contributed by atoms with Gasteiger partial charge in [-0.2, -0.15) is 0 Å². The summed E-state index contributed by atoms with van der Waals surface area (Å²) < 4.78 is 0. The largest absolute Gasteiger partial charge is 0.342 e. The highest BCUT2D eigenvalue weighted by Gasteiger charge is 2.17. The average molecular weight is 206 g/mol. The molecule has 1 aromatic rings. The van der Waals surface area contributed by atoms with Gasteiger partial charge in [-0.25, -0.2) is 9.97 Å². The molecule has 5 nitrogen and oxygen atoms in total. The number of aromatic nitrogens is 2. The molecule has 1 amide bonds. The Hall–Kier alpha value is -1.65. The third kappa shape index (κ3) is 2.23.